The van der Waals surface area contributed by atoms with Gasteiger partial charge in [-0.3, -0.25) is 9.59 Å². The van der Waals surface area contributed by atoms with Crippen LogP contribution in [0.3, 0.4) is 0 Å². The summed E-state index contributed by atoms with van der Waals surface area (Å²) in [6, 6.07) is 18.4. The Morgan fingerprint density at radius 1 is 0.939 bits per heavy atom. The zero-order valence-electron chi connectivity index (χ0n) is 20.4. The maximum atomic E-state index is 12.7. The largest absolute Gasteiger partial charge is 0.460 e. The third-order valence-electron chi connectivity index (χ3n) is 5.58. The first-order valence-corrected chi connectivity index (χ1v) is 11.8. The summed E-state index contributed by atoms with van der Waals surface area (Å²) in [7, 11) is 0. The lowest BCUT2D eigenvalue weighted by Gasteiger charge is -2.26. The van der Waals surface area contributed by atoms with Crippen molar-refractivity contribution in [3.8, 4) is 11.1 Å². The quantitative estimate of drug-likeness (QED) is 0.406. The minimum absolute atomic E-state index is 0.0117. The number of hydrogen-bond donors (Lipinski definition) is 0. The third kappa shape index (κ3) is 8.01. The van der Waals surface area contributed by atoms with E-state index in [1.807, 2.05) is 37.3 Å². The van der Waals surface area contributed by atoms with Gasteiger partial charge in [0.05, 0.1) is 18.9 Å². The van der Waals surface area contributed by atoms with E-state index >= 15 is 0 Å². The molecule has 0 N–H and O–H groups in total. The Balaban J connectivity index is 1.65. The highest BCUT2D eigenvalue weighted by atomic mass is 16.6. The predicted octanol–water partition coefficient (Wildman–Crippen LogP) is 6.12. The van der Waals surface area contributed by atoms with Crippen LogP contribution in [-0.2, 0) is 23.8 Å². The lowest BCUT2D eigenvalue weighted by molar-refractivity contribution is -0.167. The fourth-order valence-corrected chi connectivity index (χ4v) is 3.60. The second-order valence-corrected chi connectivity index (χ2v) is 10.0. The molecule has 2 aromatic rings. The van der Waals surface area contributed by atoms with Crippen molar-refractivity contribution in [2.45, 2.75) is 71.7 Å². The molecule has 0 aromatic heterocycles. The Morgan fingerprint density at radius 3 is 2.12 bits per heavy atom. The van der Waals surface area contributed by atoms with Gasteiger partial charge in [-0.2, -0.15) is 0 Å². The van der Waals surface area contributed by atoms with Crippen molar-refractivity contribution >= 4 is 11.9 Å². The van der Waals surface area contributed by atoms with Crippen LogP contribution in [0.2, 0.25) is 0 Å². The molecule has 0 bridgehead atoms. The van der Waals surface area contributed by atoms with Gasteiger partial charge < -0.3 is 14.2 Å². The topological polar surface area (TPSA) is 61.8 Å². The Labute approximate surface area is 197 Å². The number of carbonyl (C=O) groups excluding carboxylic acids is 2. The molecule has 0 saturated heterocycles. The number of benzene rings is 2. The molecule has 0 amide bonds. The molecular formula is C28H36O5. The van der Waals surface area contributed by atoms with Gasteiger partial charge in [0.25, 0.3) is 0 Å². The van der Waals surface area contributed by atoms with E-state index in [9.17, 15) is 9.59 Å². The van der Waals surface area contributed by atoms with Gasteiger partial charge in [0, 0.05) is 0 Å². The van der Waals surface area contributed by atoms with Crippen LogP contribution >= 0.6 is 0 Å². The number of rotatable bonds is 10. The molecule has 2 aromatic carbocycles. The Kier molecular flexibility index (Phi) is 8.30. The Hall–Kier alpha value is -2.66. The predicted molar refractivity (Wildman–Crippen MR) is 128 cm³/mol. The average molecular weight is 453 g/mol. The van der Waals surface area contributed by atoms with Gasteiger partial charge in [0.15, 0.2) is 0 Å². The van der Waals surface area contributed by atoms with Crippen molar-refractivity contribution in [3.05, 3.63) is 60.2 Å². The zero-order chi connectivity index (χ0) is 24.0. The zero-order valence-corrected chi connectivity index (χ0v) is 20.4. The lowest BCUT2D eigenvalue weighted by Crippen LogP contribution is -2.30. The van der Waals surface area contributed by atoms with Gasteiger partial charge in [-0.15, -0.1) is 0 Å². The number of hydrogen-bond acceptors (Lipinski definition) is 5. The Morgan fingerprint density at radius 2 is 1.55 bits per heavy atom. The molecule has 5 nitrogen and oxygen atoms in total. The Bertz CT molecular complexity index is 910. The van der Waals surface area contributed by atoms with Crippen molar-refractivity contribution in [3.63, 3.8) is 0 Å². The number of ether oxygens (including phenoxy) is 3. The minimum atomic E-state index is -0.591. The van der Waals surface area contributed by atoms with Gasteiger partial charge in [-0.1, -0.05) is 61.5 Å². The molecule has 1 aliphatic rings. The van der Waals surface area contributed by atoms with Crippen molar-refractivity contribution in [1.29, 1.82) is 0 Å². The normalized spacial score (nSPS) is 16.5. The molecule has 1 fully saturated rings. The fraction of sp³-hybridized carbons (Fsp3) is 0.500. The molecule has 0 radical (unpaired) electrons. The van der Waals surface area contributed by atoms with E-state index in [1.165, 1.54) is 12.8 Å². The van der Waals surface area contributed by atoms with Crippen LogP contribution in [0.15, 0.2) is 54.6 Å². The van der Waals surface area contributed by atoms with Crippen molar-refractivity contribution in [1.82, 2.24) is 0 Å². The fourth-order valence-electron chi connectivity index (χ4n) is 3.60. The molecule has 1 aliphatic carbocycles. The van der Waals surface area contributed by atoms with E-state index in [-0.39, 0.29) is 12.5 Å². The van der Waals surface area contributed by atoms with Crippen LogP contribution < -0.4 is 0 Å². The van der Waals surface area contributed by atoms with Crippen LogP contribution in [-0.4, -0.2) is 30.3 Å². The summed E-state index contributed by atoms with van der Waals surface area (Å²) in [6.45, 7) is 9.61. The van der Waals surface area contributed by atoms with Crippen LogP contribution in [0, 0.1) is 11.8 Å². The van der Waals surface area contributed by atoms with Gasteiger partial charge in [-0.05, 0) is 63.1 Å². The molecule has 3 rings (SSSR count). The SMILES string of the molecule is C[C@H](CC(=O)OC(C)(C)C)C(=O)O[C@@H](C)[C@H](OCC1CC1)c1ccc(-c2ccccc2)cc1. The summed E-state index contributed by atoms with van der Waals surface area (Å²) in [5.74, 6) is -0.830. The maximum absolute atomic E-state index is 12.7. The van der Waals surface area contributed by atoms with Gasteiger partial charge >= 0.3 is 11.9 Å². The molecule has 178 valence electrons. The smallest absolute Gasteiger partial charge is 0.309 e. The first-order valence-electron chi connectivity index (χ1n) is 11.8. The van der Waals surface area contributed by atoms with E-state index < -0.39 is 29.6 Å². The standard InChI is InChI=1S/C28H36O5/c1-19(17-25(29)33-28(3,4)5)27(30)32-20(2)26(31-18-21-11-12-21)24-15-13-23(14-16-24)22-9-7-6-8-10-22/h6-10,13-16,19-21,26H,11-12,17-18H2,1-5H3/t19-,20+,26+/m1/s1. The van der Waals surface area contributed by atoms with E-state index in [0.29, 0.717) is 12.5 Å². The second-order valence-electron chi connectivity index (χ2n) is 10.0. The first-order chi connectivity index (χ1) is 15.6. The summed E-state index contributed by atoms with van der Waals surface area (Å²) in [5, 5.41) is 0. The van der Waals surface area contributed by atoms with E-state index in [2.05, 4.69) is 24.3 Å². The van der Waals surface area contributed by atoms with Crippen LogP contribution in [0.1, 0.15) is 65.5 Å². The van der Waals surface area contributed by atoms with Crippen LogP contribution in [0.25, 0.3) is 11.1 Å². The lowest BCUT2D eigenvalue weighted by atomic mass is 9.99. The van der Waals surface area contributed by atoms with Gasteiger partial charge in [0.2, 0.25) is 0 Å². The molecular weight excluding hydrogens is 416 g/mol. The highest BCUT2D eigenvalue weighted by molar-refractivity contribution is 5.80. The molecule has 0 heterocycles. The molecule has 1 saturated carbocycles. The van der Waals surface area contributed by atoms with Gasteiger partial charge in [0.1, 0.15) is 17.8 Å². The maximum Gasteiger partial charge on any atom is 0.309 e. The summed E-state index contributed by atoms with van der Waals surface area (Å²) < 4.78 is 17.3. The molecule has 5 heteroatoms. The second kappa shape index (κ2) is 11.0. The third-order valence-corrected chi connectivity index (χ3v) is 5.58. The number of carbonyl (C=O) groups is 2. The average Bonchev–Trinajstić information content (AvgIpc) is 3.58. The summed E-state index contributed by atoms with van der Waals surface area (Å²) in [6.07, 6.45) is 1.50. The minimum Gasteiger partial charge on any atom is -0.460 e. The van der Waals surface area contributed by atoms with Crippen LogP contribution in [0.5, 0.6) is 0 Å². The van der Waals surface area contributed by atoms with Crippen molar-refractivity contribution in [2.75, 3.05) is 6.61 Å². The summed E-state index contributed by atoms with van der Waals surface area (Å²) in [4.78, 5) is 24.8. The highest BCUT2D eigenvalue weighted by Gasteiger charge is 2.30. The highest BCUT2D eigenvalue weighted by Crippen LogP contribution is 2.33. The van der Waals surface area contributed by atoms with Crippen molar-refractivity contribution < 1.29 is 23.8 Å². The van der Waals surface area contributed by atoms with E-state index in [1.54, 1.807) is 27.7 Å². The molecule has 0 spiro atoms. The number of esters is 2. The first kappa shape index (κ1) is 25.0. The molecule has 3 atom stereocenters. The molecule has 0 unspecified atom stereocenters. The van der Waals surface area contributed by atoms with Crippen LogP contribution in [0.4, 0.5) is 0 Å². The summed E-state index contributed by atoms with van der Waals surface area (Å²) in [5.41, 5.74) is 2.66. The summed E-state index contributed by atoms with van der Waals surface area (Å²) >= 11 is 0. The molecule has 33 heavy (non-hydrogen) atoms. The monoisotopic (exact) mass is 452 g/mol. The van der Waals surface area contributed by atoms with Crippen molar-refractivity contribution in [2.24, 2.45) is 11.8 Å². The van der Waals surface area contributed by atoms with Gasteiger partial charge in [-0.25, -0.2) is 0 Å². The molecule has 0 aliphatic heterocycles. The van der Waals surface area contributed by atoms with E-state index in [4.69, 9.17) is 14.2 Å². The van der Waals surface area contributed by atoms with E-state index in [0.717, 1.165) is 16.7 Å².